The van der Waals surface area contributed by atoms with Gasteiger partial charge in [0, 0.05) is 25.4 Å². The molecule has 6 nitrogen and oxygen atoms in total. The first-order valence-corrected chi connectivity index (χ1v) is 5.89. The molecule has 1 aliphatic heterocycles. The van der Waals surface area contributed by atoms with Crippen LogP contribution in [0, 0.1) is 0 Å². The third kappa shape index (κ3) is 3.42. The summed E-state index contributed by atoms with van der Waals surface area (Å²) < 4.78 is 6.99. The van der Waals surface area contributed by atoms with E-state index in [1.54, 1.807) is 17.1 Å². The molecule has 1 aliphatic rings. The van der Waals surface area contributed by atoms with Crippen LogP contribution in [0.25, 0.3) is 0 Å². The molecule has 1 aromatic heterocycles. The molecule has 1 fully saturated rings. The molecule has 96 valence electrons. The molecule has 0 aliphatic carbocycles. The fraction of sp³-hybridized carbons (Fsp3) is 0.727. The van der Waals surface area contributed by atoms with E-state index in [1.165, 1.54) is 0 Å². The minimum absolute atomic E-state index is 0.423. The standard InChI is InChI=1S/C11H20N4O2/c1-14(10-2-3-17-8-10)6-11(16)7-15-5-9(12)4-13-15/h4-5,10-11,16H,2-3,6-8,12H2,1H3. The summed E-state index contributed by atoms with van der Waals surface area (Å²) in [7, 11) is 2.01. The number of nitrogens with zero attached hydrogens (tertiary/aromatic N) is 3. The van der Waals surface area contributed by atoms with Gasteiger partial charge in [-0.2, -0.15) is 5.10 Å². The molecule has 17 heavy (non-hydrogen) atoms. The largest absolute Gasteiger partial charge is 0.396 e. The lowest BCUT2D eigenvalue weighted by molar-refractivity contribution is 0.0815. The number of aliphatic hydroxyl groups is 1. The van der Waals surface area contributed by atoms with Crippen LogP contribution >= 0.6 is 0 Å². The molecular formula is C11H20N4O2. The first-order chi connectivity index (χ1) is 8.15. The zero-order chi connectivity index (χ0) is 12.3. The Morgan fingerprint density at radius 3 is 3.18 bits per heavy atom. The van der Waals surface area contributed by atoms with E-state index in [1.807, 2.05) is 7.05 Å². The Balaban J connectivity index is 1.78. The fourth-order valence-electron chi connectivity index (χ4n) is 2.10. The second-order valence-electron chi connectivity index (χ2n) is 4.61. The summed E-state index contributed by atoms with van der Waals surface area (Å²) in [5.41, 5.74) is 6.18. The molecule has 2 atom stereocenters. The zero-order valence-corrected chi connectivity index (χ0v) is 10.1. The van der Waals surface area contributed by atoms with Gasteiger partial charge in [-0.05, 0) is 13.5 Å². The van der Waals surface area contributed by atoms with E-state index >= 15 is 0 Å². The first-order valence-electron chi connectivity index (χ1n) is 5.89. The molecule has 2 rings (SSSR count). The third-order valence-electron chi connectivity index (χ3n) is 3.08. The van der Waals surface area contributed by atoms with Crippen LogP contribution in [0.5, 0.6) is 0 Å². The van der Waals surface area contributed by atoms with Crippen LogP contribution in [0.15, 0.2) is 12.4 Å². The van der Waals surface area contributed by atoms with Crippen molar-refractivity contribution in [2.24, 2.45) is 0 Å². The van der Waals surface area contributed by atoms with Crippen LogP contribution in [0.1, 0.15) is 6.42 Å². The lowest BCUT2D eigenvalue weighted by atomic mass is 10.2. The maximum Gasteiger partial charge on any atom is 0.0862 e. The lowest BCUT2D eigenvalue weighted by Gasteiger charge is -2.25. The molecule has 0 radical (unpaired) electrons. The first kappa shape index (κ1) is 12.3. The molecule has 3 N–H and O–H groups in total. The topological polar surface area (TPSA) is 76.5 Å². The van der Waals surface area contributed by atoms with Crippen LogP contribution in [0.2, 0.25) is 0 Å². The molecule has 1 aromatic rings. The summed E-state index contributed by atoms with van der Waals surface area (Å²) in [6, 6.07) is 0.423. The fourth-order valence-corrected chi connectivity index (χ4v) is 2.10. The number of hydrogen-bond donors (Lipinski definition) is 2. The van der Waals surface area contributed by atoms with Crippen LogP contribution < -0.4 is 5.73 Å². The van der Waals surface area contributed by atoms with Crippen molar-refractivity contribution in [2.45, 2.75) is 25.1 Å². The number of aromatic nitrogens is 2. The van der Waals surface area contributed by atoms with Crippen molar-refractivity contribution >= 4 is 5.69 Å². The predicted octanol–water partition coefficient (Wildman–Crippen LogP) is -0.453. The van der Waals surface area contributed by atoms with Crippen LogP contribution in [0.4, 0.5) is 5.69 Å². The van der Waals surface area contributed by atoms with Crippen LogP contribution in [-0.4, -0.2) is 58.7 Å². The molecule has 0 spiro atoms. The molecule has 0 aromatic carbocycles. The molecule has 6 heteroatoms. The van der Waals surface area contributed by atoms with Crippen molar-refractivity contribution in [3.05, 3.63) is 12.4 Å². The van der Waals surface area contributed by atoms with Gasteiger partial charge in [-0.1, -0.05) is 0 Å². The van der Waals surface area contributed by atoms with Gasteiger partial charge >= 0.3 is 0 Å². The number of aliphatic hydroxyl groups excluding tert-OH is 1. The molecule has 0 saturated carbocycles. The highest BCUT2D eigenvalue weighted by Gasteiger charge is 2.22. The number of ether oxygens (including phenoxy) is 1. The summed E-state index contributed by atoms with van der Waals surface area (Å²) in [6.07, 6.45) is 3.90. The highest BCUT2D eigenvalue weighted by Crippen LogP contribution is 2.11. The van der Waals surface area contributed by atoms with Gasteiger partial charge in [0.1, 0.15) is 0 Å². The minimum Gasteiger partial charge on any atom is -0.396 e. The summed E-state index contributed by atoms with van der Waals surface area (Å²) in [5, 5.41) is 14.0. The SMILES string of the molecule is CN(CC(O)Cn1cc(N)cn1)C1CCOC1. The molecule has 2 heterocycles. The zero-order valence-electron chi connectivity index (χ0n) is 10.1. The normalized spacial score (nSPS) is 22.2. The molecule has 0 bridgehead atoms. The van der Waals surface area contributed by atoms with E-state index in [9.17, 15) is 5.11 Å². The van der Waals surface area contributed by atoms with Crippen molar-refractivity contribution < 1.29 is 9.84 Å². The second kappa shape index (κ2) is 5.48. The monoisotopic (exact) mass is 240 g/mol. The Labute approximate surface area is 101 Å². The smallest absolute Gasteiger partial charge is 0.0862 e. The van der Waals surface area contributed by atoms with Gasteiger partial charge in [-0.25, -0.2) is 0 Å². The van der Waals surface area contributed by atoms with Gasteiger partial charge in [0.2, 0.25) is 0 Å². The summed E-state index contributed by atoms with van der Waals surface area (Å²) >= 11 is 0. The summed E-state index contributed by atoms with van der Waals surface area (Å²) in [6.45, 7) is 2.67. The summed E-state index contributed by atoms with van der Waals surface area (Å²) in [5.74, 6) is 0. The van der Waals surface area contributed by atoms with E-state index in [0.29, 0.717) is 24.8 Å². The van der Waals surface area contributed by atoms with Gasteiger partial charge in [-0.3, -0.25) is 9.58 Å². The van der Waals surface area contributed by atoms with Crippen LogP contribution in [-0.2, 0) is 11.3 Å². The maximum atomic E-state index is 9.96. The van der Waals surface area contributed by atoms with Gasteiger partial charge in [-0.15, -0.1) is 0 Å². The number of hydrogen-bond acceptors (Lipinski definition) is 5. The van der Waals surface area contributed by atoms with E-state index < -0.39 is 6.10 Å². The summed E-state index contributed by atoms with van der Waals surface area (Å²) in [4.78, 5) is 2.14. The lowest BCUT2D eigenvalue weighted by Crippen LogP contribution is -2.39. The number of anilines is 1. The number of nitrogens with two attached hydrogens (primary N) is 1. The van der Waals surface area contributed by atoms with Crippen molar-refractivity contribution in [2.75, 3.05) is 32.5 Å². The highest BCUT2D eigenvalue weighted by atomic mass is 16.5. The molecule has 2 unspecified atom stereocenters. The van der Waals surface area contributed by atoms with Gasteiger partial charge in [0.15, 0.2) is 0 Å². The van der Waals surface area contributed by atoms with E-state index in [0.717, 1.165) is 19.6 Å². The van der Waals surface area contributed by atoms with E-state index in [2.05, 4.69) is 10.00 Å². The number of rotatable bonds is 5. The van der Waals surface area contributed by atoms with Crippen molar-refractivity contribution in [1.29, 1.82) is 0 Å². The molecule has 1 saturated heterocycles. The molecular weight excluding hydrogens is 220 g/mol. The Bertz CT molecular complexity index is 349. The number of nitrogen functional groups attached to an aromatic ring is 1. The van der Waals surface area contributed by atoms with Crippen molar-refractivity contribution in [3.8, 4) is 0 Å². The Morgan fingerprint density at radius 1 is 1.76 bits per heavy atom. The van der Waals surface area contributed by atoms with Crippen LogP contribution in [0.3, 0.4) is 0 Å². The van der Waals surface area contributed by atoms with Gasteiger partial charge < -0.3 is 15.6 Å². The minimum atomic E-state index is -0.445. The molecule has 0 amide bonds. The third-order valence-corrected chi connectivity index (χ3v) is 3.08. The number of likely N-dealkylation sites (N-methyl/N-ethyl adjacent to an activating group) is 1. The predicted molar refractivity (Wildman–Crippen MR) is 64.5 cm³/mol. The average molecular weight is 240 g/mol. The Kier molecular flexibility index (Phi) is 3.98. The highest BCUT2D eigenvalue weighted by molar-refractivity contribution is 5.30. The maximum absolute atomic E-state index is 9.96. The quantitative estimate of drug-likeness (QED) is 0.729. The van der Waals surface area contributed by atoms with Gasteiger partial charge in [0.05, 0.1) is 31.1 Å². The Morgan fingerprint density at radius 2 is 2.59 bits per heavy atom. The average Bonchev–Trinajstić information content (AvgIpc) is 2.89. The van der Waals surface area contributed by atoms with E-state index in [-0.39, 0.29) is 0 Å². The van der Waals surface area contributed by atoms with Crippen molar-refractivity contribution in [3.63, 3.8) is 0 Å². The van der Waals surface area contributed by atoms with Gasteiger partial charge in [0.25, 0.3) is 0 Å². The second-order valence-corrected chi connectivity index (χ2v) is 4.61. The van der Waals surface area contributed by atoms with E-state index in [4.69, 9.17) is 10.5 Å². The van der Waals surface area contributed by atoms with Crippen molar-refractivity contribution in [1.82, 2.24) is 14.7 Å². The Hall–Kier alpha value is -1.11.